The first-order valence-electron chi connectivity index (χ1n) is 9.99. The monoisotopic (exact) mass is 376 g/mol. The maximum absolute atomic E-state index is 12.8. The fourth-order valence-corrected chi connectivity index (χ4v) is 3.66. The highest BCUT2D eigenvalue weighted by Gasteiger charge is 2.31. The Morgan fingerprint density at radius 3 is 2.85 bits per heavy atom. The first kappa shape index (κ1) is 20.1. The van der Waals surface area contributed by atoms with Crippen molar-refractivity contribution in [3.8, 4) is 0 Å². The number of likely N-dealkylation sites (tertiary alicyclic amines) is 1. The molecule has 0 saturated carbocycles. The van der Waals surface area contributed by atoms with E-state index in [9.17, 15) is 4.79 Å². The molecule has 1 N–H and O–H groups in total. The molecule has 0 unspecified atom stereocenters. The van der Waals surface area contributed by atoms with Gasteiger partial charge in [-0.05, 0) is 58.3 Å². The van der Waals surface area contributed by atoms with Gasteiger partial charge in [0, 0.05) is 12.5 Å². The van der Waals surface area contributed by atoms with E-state index in [0.29, 0.717) is 19.8 Å². The summed E-state index contributed by atoms with van der Waals surface area (Å²) in [7, 11) is 0. The van der Waals surface area contributed by atoms with Gasteiger partial charge < -0.3 is 19.2 Å². The molecule has 0 aromatic carbocycles. The molecule has 2 saturated heterocycles. The molecule has 2 aliphatic rings. The van der Waals surface area contributed by atoms with Crippen LogP contribution in [-0.2, 0) is 20.8 Å². The molecule has 2 aliphatic heterocycles. The van der Waals surface area contributed by atoms with Crippen molar-refractivity contribution < 1.29 is 18.7 Å². The van der Waals surface area contributed by atoms with Gasteiger partial charge in [0.25, 0.3) is 0 Å². The van der Waals surface area contributed by atoms with Crippen molar-refractivity contribution in [2.45, 2.75) is 51.8 Å². The van der Waals surface area contributed by atoms with Crippen molar-refractivity contribution in [2.24, 2.45) is 5.92 Å². The number of ether oxygens (including phenoxy) is 2. The molecule has 0 aliphatic carbocycles. The molecule has 27 heavy (non-hydrogen) atoms. The van der Waals surface area contributed by atoms with Crippen LogP contribution in [0, 0.1) is 5.92 Å². The summed E-state index contributed by atoms with van der Waals surface area (Å²) in [6.07, 6.45) is 6.28. The molecule has 0 spiro atoms. The number of hydrogen-bond donors (Lipinski definition) is 1. The lowest BCUT2D eigenvalue weighted by Gasteiger charge is -2.35. The lowest BCUT2D eigenvalue weighted by Crippen LogP contribution is -2.52. The molecule has 3 rings (SSSR count). The summed E-state index contributed by atoms with van der Waals surface area (Å²) < 4.78 is 16.9. The summed E-state index contributed by atoms with van der Waals surface area (Å²) in [4.78, 5) is 15.1. The average Bonchev–Trinajstić information content (AvgIpc) is 3.16. The van der Waals surface area contributed by atoms with Crippen LogP contribution in [0.4, 0.5) is 0 Å². The standard InChI is InChI=1S/C21H32N2O4/c1-16(2)7-13-27-20-15-25-12-8-19(20)22-21(24)17-5-9-23(10-6-17)14-18-4-3-11-26-18/h3-4,7,11,17,19-20H,5-6,8-10,12-15H2,1-2H3,(H,22,24)/t19-,20-/m1/s1. The second kappa shape index (κ2) is 10.1. The molecule has 2 fully saturated rings. The highest BCUT2D eigenvalue weighted by Crippen LogP contribution is 2.21. The third kappa shape index (κ3) is 6.19. The van der Waals surface area contributed by atoms with Crippen LogP contribution in [0.3, 0.4) is 0 Å². The molecular formula is C21H32N2O4. The molecule has 1 aromatic rings. The summed E-state index contributed by atoms with van der Waals surface area (Å²) in [6.45, 7) is 8.56. The normalized spacial score (nSPS) is 24.5. The minimum absolute atomic E-state index is 0.0398. The molecule has 1 amide bonds. The van der Waals surface area contributed by atoms with Crippen LogP contribution < -0.4 is 5.32 Å². The number of carbonyl (C=O) groups is 1. The Morgan fingerprint density at radius 1 is 1.33 bits per heavy atom. The summed E-state index contributed by atoms with van der Waals surface area (Å²) >= 11 is 0. The van der Waals surface area contributed by atoms with E-state index in [2.05, 4.69) is 30.1 Å². The Bertz CT molecular complexity index is 602. The number of amides is 1. The summed E-state index contributed by atoms with van der Waals surface area (Å²) in [5, 5.41) is 3.24. The predicted molar refractivity (Wildman–Crippen MR) is 103 cm³/mol. The van der Waals surface area contributed by atoms with Gasteiger partial charge in [0.2, 0.25) is 5.91 Å². The second-order valence-electron chi connectivity index (χ2n) is 7.76. The van der Waals surface area contributed by atoms with Crippen LogP contribution in [0.5, 0.6) is 0 Å². The van der Waals surface area contributed by atoms with E-state index in [0.717, 1.165) is 44.7 Å². The maximum Gasteiger partial charge on any atom is 0.223 e. The van der Waals surface area contributed by atoms with Gasteiger partial charge in [-0.2, -0.15) is 0 Å². The molecule has 0 bridgehead atoms. The average molecular weight is 376 g/mol. The van der Waals surface area contributed by atoms with Crippen LogP contribution >= 0.6 is 0 Å². The van der Waals surface area contributed by atoms with Gasteiger partial charge in [-0.25, -0.2) is 0 Å². The summed E-state index contributed by atoms with van der Waals surface area (Å²) in [6, 6.07) is 3.96. The van der Waals surface area contributed by atoms with Gasteiger partial charge in [-0.3, -0.25) is 9.69 Å². The van der Waals surface area contributed by atoms with Gasteiger partial charge in [0.15, 0.2) is 0 Å². The molecule has 0 radical (unpaired) electrons. The lowest BCUT2D eigenvalue weighted by atomic mass is 9.94. The molecule has 6 heteroatoms. The van der Waals surface area contributed by atoms with E-state index in [-0.39, 0.29) is 24.0 Å². The molecule has 3 heterocycles. The van der Waals surface area contributed by atoms with Crippen molar-refractivity contribution in [3.63, 3.8) is 0 Å². The van der Waals surface area contributed by atoms with Gasteiger partial charge in [0.1, 0.15) is 11.9 Å². The number of nitrogens with zero attached hydrogens (tertiary/aromatic N) is 1. The molecular weight excluding hydrogens is 344 g/mol. The van der Waals surface area contributed by atoms with Crippen LogP contribution in [-0.4, -0.2) is 55.9 Å². The Labute approximate surface area is 161 Å². The van der Waals surface area contributed by atoms with Gasteiger partial charge in [-0.15, -0.1) is 0 Å². The number of hydrogen-bond acceptors (Lipinski definition) is 5. The third-order valence-electron chi connectivity index (χ3n) is 5.35. The molecule has 2 atom stereocenters. The zero-order chi connectivity index (χ0) is 19.1. The minimum atomic E-state index is -0.0719. The summed E-state index contributed by atoms with van der Waals surface area (Å²) in [5.74, 6) is 1.23. The van der Waals surface area contributed by atoms with Crippen molar-refractivity contribution in [3.05, 3.63) is 35.8 Å². The number of allylic oxidation sites excluding steroid dienone is 1. The fraction of sp³-hybridized carbons (Fsp3) is 0.667. The molecule has 1 aromatic heterocycles. The fourth-order valence-electron chi connectivity index (χ4n) is 3.66. The first-order chi connectivity index (χ1) is 13.1. The van der Waals surface area contributed by atoms with E-state index < -0.39 is 0 Å². The van der Waals surface area contributed by atoms with Crippen LogP contribution in [0.1, 0.15) is 38.9 Å². The van der Waals surface area contributed by atoms with E-state index in [4.69, 9.17) is 13.9 Å². The van der Waals surface area contributed by atoms with Crippen LogP contribution in [0.15, 0.2) is 34.5 Å². The topological polar surface area (TPSA) is 63.9 Å². The van der Waals surface area contributed by atoms with E-state index in [1.54, 1.807) is 6.26 Å². The van der Waals surface area contributed by atoms with Gasteiger partial charge >= 0.3 is 0 Å². The smallest absolute Gasteiger partial charge is 0.223 e. The Balaban J connectivity index is 1.44. The van der Waals surface area contributed by atoms with Crippen LogP contribution in [0.25, 0.3) is 0 Å². The highest BCUT2D eigenvalue weighted by molar-refractivity contribution is 5.79. The highest BCUT2D eigenvalue weighted by atomic mass is 16.5. The van der Waals surface area contributed by atoms with Crippen molar-refractivity contribution >= 4 is 5.91 Å². The van der Waals surface area contributed by atoms with Crippen molar-refractivity contribution in [1.82, 2.24) is 10.2 Å². The van der Waals surface area contributed by atoms with E-state index in [1.165, 1.54) is 5.57 Å². The Morgan fingerprint density at radius 2 is 2.15 bits per heavy atom. The maximum atomic E-state index is 12.8. The zero-order valence-electron chi connectivity index (χ0n) is 16.5. The Kier molecular flexibility index (Phi) is 7.50. The molecule has 6 nitrogen and oxygen atoms in total. The van der Waals surface area contributed by atoms with Crippen molar-refractivity contribution in [1.29, 1.82) is 0 Å². The third-order valence-corrected chi connectivity index (χ3v) is 5.35. The number of nitrogens with one attached hydrogen (secondary N) is 1. The van der Waals surface area contributed by atoms with E-state index in [1.807, 2.05) is 12.1 Å². The van der Waals surface area contributed by atoms with Crippen molar-refractivity contribution in [2.75, 3.05) is 32.9 Å². The Hall–Kier alpha value is -1.63. The first-order valence-corrected chi connectivity index (χ1v) is 9.99. The predicted octanol–water partition coefficient (Wildman–Crippen LogP) is 2.75. The number of furan rings is 1. The number of piperidine rings is 1. The minimum Gasteiger partial charge on any atom is -0.468 e. The van der Waals surface area contributed by atoms with E-state index >= 15 is 0 Å². The number of rotatable bonds is 7. The lowest BCUT2D eigenvalue weighted by molar-refractivity contribution is -0.131. The zero-order valence-corrected chi connectivity index (χ0v) is 16.5. The van der Waals surface area contributed by atoms with Crippen LogP contribution in [0.2, 0.25) is 0 Å². The van der Waals surface area contributed by atoms with Gasteiger partial charge in [0.05, 0.1) is 32.1 Å². The SMILES string of the molecule is CC(C)=CCO[C@@H]1COCC[C@H]1NC(=O)C1CCN(Cc2ccco2)CC1. The van der Waals surface area contributed by atoms with Gasteiger partial charge in [-0.1, -0.05) is 11.6 Å². The number of carbonyl (C=O) groups excluding carboxylic acids is 1. The molecule has 150 valence electrons. The summed E-state index contributed by atoms with van der Waals surface area (Å²) in [5.41, 5.74) is 1.23. The quantitative estimate of drug-likeness (QED) is 0.742. The second-order valence-corrected chi connectivity index (χ2v) is 7.76. The largest absolute Gasteiger partial charge is 0.468 e.